The summed E-state index contributed by atoms with van der Waals surface area (Å²) in [5.41, 5.74) is 1.50. The summed E-state index contributed by atoms with van der Waals surface area (Å²) in [7, 11) is 0. The standard InChI is InChI=1S/C22H29FN2O2/c1-3-4-8-15-27-17(2)9-6-5-7-10-18-11-14-22(25-24-18)20-13-12-19(26)16-21(20)23/h7,10-14,16-17,26H,3-6,8-9,15H2,1-2H3/b10-7+. The third-order valence-electron chi connectivity index (χ3n) is 4.33. The van der Waals surface area contributed by atoms with Crippen LogP contribution in [0.15, 0.2) is 36.4 Å². The third kappa shape index (κ3) is 7.47. The lowest BCUT2D eigenvalue weighted by molar-refractivity contribution is 0.0566. The minimum Gasteiger partial charge on any atom is -0.508 e. The number of halogens is 1. The van der Waals surface area contributed by atoms with Gasteiger partial charge in [-0.1, -0.05) is 25.8 Å². The Hall–Kier alpha value is -2.27. The van der Waals surface area contributed by atoms with Crippen LogP contribution in [0.3, 0.4) is 0 Å². The number of unbranched alkanes of at least 4 members (excludes halogenated alkanes) is 3. The van der Waals surface area contributed by atoms with Crippen molar-refractivity contribution in [2.45, 2.75) is 58.5 Å². The van der Waals surface area contributed by atoms with Gasteiger partial charge >= 0.3 is 0 Å². The highest BCUT2D eigenvalue weighted by molar-refractivity contribution is 5.61. The number of ether oxygens (including phenoxy) is 1. The summed E-state index contributed by atoms with van der Waals surface area (Å²) >= 11 is 0. The predicted molar refractivity (Wildman–Crippen MR) is 107 cm³/mol. The maximum atomic E-state index is 13.9. The fourth-order valence-electron chi connectivity index (χ4n) is 2.73. The Bertz CT molecular complexity index is 717. The first-order chi connectivity index (χ1) is 13.1. The largest absolute Gasteiger partial charge is 0.508 e. The van der Waals surface area contributed by atoms with Crippen molar-refractivity contribution in [2.75, 3.05) is 6.61 Å². The molecule has 1 atom stereocenters. The fourth-order valence-corrected chi connectivity index (χ4v) is 2.73. The first kappa shape index (κ1) is 21.0. The summed E-state index contributed by atoms with van der Waals surface area (Å²) in [6.07, 6.45) is 11.0. The quantitative estimate of drug-likeness (QED) is 0.509. The Balaban J connectivity index is 1.74. The van der Waals surface area contributed by atoms with E-state index in [0.717, 1.165) is 44.1 Å². The SMILES string of the molecule is CCCCCOC(C)CCC/C=C/c1ccc(-c2ccc(O)cc2F)nn1. The Morgan fingerprint density at radius 3 is 2.70 bits per heavy atom. The Morgan fingerprint density at radius 1 is 1.15 bits per heavy atom. The van der Waals surface area contributed by atoms with Crippen LogP contribution < -0.4 is 0 Å². The van der Waals surface area contributed by atoms with E-state index in [9.17, 15) is 9.50 Å². The maximum Gasteiger partial charge on any atom is 0.136 e. The molecule has 1 aromatic heterocycles. The number of allylic oxidation sites excluding steroid dienone is 1. The molecule has 1 heterocycles. The molecule has 4 nitrogen and oxygen atoms in total. The number of phenols is 1. The number of benzene rings is 1. The predicted octanol–water partition coefficient (Wildman–Crippen LogP) is 5.77. The van der Waals surface area contributed by atoms with Crippen molar-refractivity contribution in [3.63, 3.8) is 0 Å². The second kappa shape index (κ2) is 11.4. The van der Waals surface area contributed by atoms with Crippen LogP contribution in [-0.2, 0) is 4.74 Å². The van der Waals surface area contributed by atoms with E-state index in [1.54, 1.807) is 6.07 Å². The van der Waals surface area contributed by atoms with Crippen molar-refractivity contribution >= 4 is 6.08 Å². The van der Waals surface area contributed by atoms with Gasteiger partial charge in [0, 0.05) is 18.2 Å². The number of phenolic OH excluding ortho intramolecular Hbond substituents is 1. The van der Waals surface area contributed by atoms with Gasteiger partial charge in [-0.25, -0.2) is 4.39 Å². The van der Waals surface area contributed by atoms with Gasteiger partial charge in [-0.15, -0.1) is 5.10 Å². The number of rotatable bonds is 11. The first-order valence-electron chi connectivity index (χ1n) is 9.71. The summed E-state index contributed by atoms with van der Waals surface area (Å²) in [4.78, 5) is 0. The number of hydrogen-bond acceptors (Lipinski definition) is 4. The van der Waals surface area contributed by atoms with Crippen LogP contribution in [0.25, 0.3) is 17.3 Å². The zero-order valence-corrected chi connectivity index (χ0v) is 16.2. The minimum absolute atomic E-state index is 0.107. The fraction of sp³-hybridized carbons (Fsp3) is 0.455. The molecule has 0 aliphatic heterocycles. The first-order valence-corrected chi connectivity index (χ1v) is 9.71. The molecule has 1 unspecified atom stereocenters. The van der Waals surface area contributed by atoms with Crippen LogP contribution in [0.4, 0.5) is 4.39 Å². The topological polar surface area (TPSA) is 55.2 Å². The molecule has 0 aliphatic carbocycles. The highest BCUT2D eigenvalue weighted by Gasteiger charge is 2.07. The molecular formula is C22H29FN2O2. The summed E-state index contributed by atoms with van der Waals surface area (Å²) in [5, 5.41) is 17.5. The van der Waals surface area contributed by atoms with E-state index in [4.69, 9.17) is 4.74 Å². The van der Waals surface area contributed by atoms with Crippen molar-refractivity contribution in [2.24, 2.45) is 0 Å². The number of aromatic hydroxyl groups is 1. The van der Waals surface area contributed by atoms with Crippen LogP contribution >= 0.6 is 0 Å². The van der Waals surface area contributed by atoms with Crippen LogP contribution in [0.2, 0.25) is 0 Å². The van der Waals surface area contributed by atoms with E-state index in [0.29, 0.717) is 17.4 Å². The van der Waals surface area contributed by atoms with E-state index in [1.165, 1.54) is 25.0 Å². The lowest BCUT2D eigenvalue weighted by atomic mass is 10.1. The van der Waals surface area contributed by atoms with Gasteiger partial charge in [-0.05, 0) is 62.9 Å². The van der Waals surface area contributed by atoms with Gasteiger partial charge in [0.05, 0.1) is 17.5 Å². The van der Waals surface area contributed by atoms with Gasteiger partial charge < -0.3 is 9.84 Å². The summed E-state index contributed by atoms with van der Waals surface area (Å²) in [6, 6.07) is 7.54. The molecule has 0 bridgehead atoms. The molecular weight excluding hydrogens is 343 g/mol. The molecule has 1 N–H and O–H groups in total. The molecule has 2 rings (SSSR count). The summed E-state index contributed by atoms with van der Waals surface area (Å²) in [5.74, 6) is -0.622. The molecule has 0 fully saturated rings. The Morgan fingerprint density at radius 2 is 2.00 bits per heavy atom. The number of aromatic nitrogens is 2. The monoisotopic (exact) mass is 372 g/mol. The lowest BCUT2D eigenvalue weighted by Crippen LogP contribution is -2.08. The average Bonchev–Trinajstić information content (AvgIpc) is 2.66. The molecule has 0 saturated heterocycles. The second-order valence-corrected chi connectivity index (χ2v) is 6.73. The van der Waals surface area contributed by atoms with Crippen LogP contribution in [0, 0.1) is 5.82 Å². The molecule has 0 spiro atoms. The zero-order valence-electron chi connectivity index (χ0n) is 16.2. The molecule has 1 aromatic carbocycles. The van der Waals surface area contributed by atoms with Crippen molar-refractivity contribution < 1.29 is 14.2 Å². The average molecular weight is 372 g/mol. The van der Waals surface area contributed by atoms with Gasteiger partial charge in [0.1, 0.15) is 11.6 Å². The van der Waals surface area contributed by atoms with E-state index >= 15 is 0 Å². The molecule has 0 radical (unpaired) electrons. The van der Waals surface area contributed by atoms with E-state index in [2.05, 4.69) is 30.1 Å². The Labute approximate surface area is 161 Å². The van der Waals surface area contributed by atoms with Gasteiger partial charge in [0.2, 0.25) is 0 Å². The van der Waals surface area contributed by atoms with Crippen LogP contribution in [0.1, 0.15) is 58.1 Å². The summed E-state index contributed by atoms with van der Waals surface area (Å²) < 4.78 is 19.6. The molecule has 0 amide bonds. The van der Waals surface area contributed by atoms with Crippen LogP contribution in [0.5, 0.6) is 5.75 Å². The number of hydrogen-bond donors (Lipinski definition) is 1. The van der Waals surface area contributed by atoms with E-state index < -0.39 is 5.82 Å². The van der Waals surface area contributed by atoms with Crippen molar-refractivity contribution in [1.82, 2.24) is 10.2 Å². The molecule has 0 saturated carbocycles. The molecule has 5 heteroatoms. The van der Waals surface area contributed by atoms with Gasteiger partial charge in [-0.2, -0.15) is 5.10 Å². The van der Waals surface area contributed by atoms with Crippen LogP contribution in [-0.4, -0.2) is 28.0 Å². The molecule has 0 aliphatic rings. The van der Waals surface area contributed by atoms with E-state index in [1.807, 2.05) is 12.1 Å². The zero-order chi connectivity index (χ0) is 19.5. The van der Waals surface area contributed by atoms with E-state index in [-0.39, 0.29) is 5.75 Å². The molecule has 2 aromatic rings. The van der Waals surface area contributed by atoms with Gasteiger partial charge in [0.25, 0.3) is 0 Å². The second-order valence-electron chi connectivity index (χ2n) is 6.73. The van der Waals surface area contributed by atoms with Crippen molar-refractivity contribution in [3.05, 3.63) is 47.9 Å². The normalized spacial score (nSPS) is 12.6. The van der Waals surface area contributed by atoms with Gasteiger partial charge in [-0.3, -0.25) is 0 Å². The van der Waals surface area contributed by atoms with Crippen molar-refractivity contribution in [1.29, 1.82) is 0 Å². The smallest absolute Gasteiger partial charge is 0.136 e. The molecule has 27 heavy (non-hydrogen) atoms. The lowest BCUT2D eigenvalue weighted by Gasteiger charge is -2.11. The van der Waals surface area contributed by atoms with Gasteiger partial charge in [0.15, 0.2) is 0 Å². The minimum atomic E-state index is -0.515. The molecule has 146 valence electrons. The summed E-state index contributed by atoms with van der Waals surface area (Å²) in [6.45, 7) is 5.18. The number of nitrogens with zero attached hydrogens (tertiary/aromatic N) is 2. The Kier molecular flexibility index (Phi) is 8.92. The van der Waals surface area contributed by atoms with Crippen molar-refractivity contribution in [3.8, 4) is 17.0 Å². The maximum absolute atomic E-state index is 13.9. The highest BCUT2D eigenvalue weighted by atomic mass is 19.1. The highest BCUT2D eigenvalue weighted by Crippen LogP contribution is 2.23. The third-order valence-corrected chi connectivity index (χ3v) is 4.33.